The standard InChI is InChI=1S/C16H11F5N2O3S/c1-7(13(24)23-10-5-4-9(17)11(18)12(10)19)26-15(25)8-3-2-6-22-14(8)27-16(20)21/h2-7,16H,1H3,(H,23,24)/t7-/m1/s1. The zero-order valence-electron chi connectivity index (χ0n) is 13.5. The summed E-state index contributed by atoms with van der Waals surface area (Å²) in [7, 11) is 0. The number of nitrogens with one attached hydrogen (secondary N) is 1. The molecule has 1 aromatic heterocycles. The van der Waals surface area contributed by atoms with Gasteiger partial charge in [-0.2, -0.15) is 8.78 Å². The molecule has 0 radical (unpaired) electrons. The van der Waals surface area contributed by atoms with E-state index in [0.29, 0.717) is 6.07 Å². The normalized spacial score (nSPS) is 12.0. The van der Waals surface area contributed by atoms with Gasteiger partial charge in [0.1, 0.15) is 5.03 Å². The summed E-state index contributed by atoms with van der Waals surface area (Å²) >= 11 is 0.0238. The summed E-state index contributed by atoms with van der Waals surface area (Å²) in [6.45, 7) is 1.13. The molecular formula is C16H11F5N2O3S. The zero-order chi connectivity index (χ0) is 20.1. The van der Waals surface area contributed by atoms with E-state index in [1.54, 1.807) is 0 Å². The fourth-order valence-corrected chi connectivity index (χ4v) is 2.43. The van der Waals surface area contributed by atoms with Crippen molar-refractivity contribution in [2.45, 2.75) is 23.8 Å². The third kappa shape index (κ3) is 5.16. The van der Waals surface area contributed by atoms with Crippen LogP contribution in [0.3, 0.4) is 0 Å². The van der Waals surface area contributed by atoms with Crippen LogP contribution in [0.5, 0.6) is 0 Å². The Morgan fingerprint density at radius 1 is 1.15 bits per heavy atom. The molecule has 1 aromatic carbocycles. The molecule has 2 aromatic rings. The van der Waals surface area contributed by atoms with E-state index >= 15 is 0 Å². The maximum absolute atomic E-state index is 13.6. The van der Waals surface area contributed by atoms with Gasteiger partial charge in [0.05, 0.1) is 11.3 Å². The van der Waals surface area contributed by atoms with Crippen molar-refractivity contribution in [3.8, 4) is 0 Å². The second kappa shape index (κ2) is 8.80. The molecule has 1 heterocycles. The highest BCUT2D eigenvalue weighted by Crippen LogP contribution is 2.27. The van der Waals surface area contributed by atoms with E-state index in [4.69, 9.17) is 4.74 Å². The fourth-order valence-electron chi connectivity index (χ4n) is 1.86. The number of pyridine rings is 1. The van der Waals surface area contributed by atoms with Crippen LogP contribution in [0.25, 0.3) is 0 Å². The summed E-state index contributed by atoms with van der Waals surface area (Å²) < 4.78 is 69.5. The first kappa shape index (κ1) is 20.6. The van der Waals surface area contributed by atoms with E-state index < -0.39 is 46.9 Å². The quantitative estimate of drug-likeness (QED) is 0.340. The molecule has 0 aliphatic carbocycles. The van der Waals surface area contributed by atoms with Gasteiger partial charge in [-0.15, -0.1) is 0 Å². The number of aromatic nitrogens is 1. The molecule has 0 bridgehead atoms. The summed E-state index contributed by atoms with van der Waals surface area (Å²) in [6.07, 6.45) is -0.293. The van der Waals surface area contributed by atoms with Crippen molar-refractivity contribution in [3.05, 3.63) is 53.5 Å². The van der Waals surface area contributed by atoms with Crippen LogP contribution in [0.1, 0.15) is 17.3 Å². The Balaban J connectivity index is 2.09. The Bertz CT molecular complexity index is 866. The number of anilines is 1. The van der Waals surface area contributed by atoms with Crippen molar-refractivity contribution in [2.75, 3.05) is 5.32 Å². The Morgan fingerprint density at radius 3 is 2.52 bits per heavy atom. The maximum atomic E-state index is 13.6. The van der Waals surface area contributed by atoms with Crippen LogP contribution < -0.4 is 5.32 Å². The van der Waals surface area contributed by atoms with E-state index in [1.807, 2.05) is 5.32 Å². The zero-order valence-corrected chi connectivity index (χ0v) is 14.3. The highest BCUT2D eigenvalue weighted by Gasteiger charge is 2.24. The number of alkyl halides is 2. The topological polar surface area (TPSA) is 68.3 Å². The minimum absolute atomic E-state index is 0.0238. The number of carbonyl (C=O) groups is 2. The molecule has 1 N–H and O–H groups in total. The van der Waals surface area contributed by atoms with Gasteiger partial charge in [-0.1, -0.05) is 0 Å². The SMILES string of the molecule is C[C@@H](OC(=O)c1cccnc1SC(F)F)C(=O)Nc1ccc(F)c(F)c1F. The van der Waals surface area contributed by atoms with Crippen LogP contribution in [-0.4, -0.2) is 28.7 Å². The molecular weight excluding hydrogens is 395 g/mol. The highest BCUT2D eigenvalue weighted by molar-refractivity contribution is 7.99. The second-order valence-electron chi connectivity index (χ2n) is 4.99. The lowest BCUT2D eigenvalue weighted by Crippen LogP contribution is -2.30. The molecule has 27 heavy (non-hydrogen) atoms. The van der Waals surface area contributed by atoms with Gasteiger partial charge in [-0.05, 0) is 43.0 Å². The summed E-state index contributed by atoms with van der Waals surface area (Å²) in [6, 6.07) is 3.89. The number of hydrogen-bond acceptors (Lipinski definition) is 5. The van der Waals surface area contributed by atoms with Gasteiger partial charge in [0.2, 0.25) is 0 Å². The minimum atomic E-state index is -2.83. The van der Waals surface area contributed by atoms with Gasteiger partial charge in [-0.3, -0.25) is 4.79 Å². The summed E-state index contributed by atoms with van der Waals surface area (Å²) in [5.74, 6) is -9.82. The van der Waals surface area contributed by atoms with Crippen molar-refractivity contribution in [1.82, 2.24) is 4.98 Å². The molecule has 0 aliphatic heterocycles. The van der Waals surface area contributed by atoms with Crippen molar-refractivity contribution >= 4 is 29.3 Å². The molecule has 1 amide bonds. The summed E-state index contributed by atoms with van der Waals surface area (Å²) in [5, 5.41) is 1.65. The molecule has 0 unspecified atom stereocenters. The van der Waals surface area contributed by atoms with Crippen molar-refractivity contribution in [2.24, 2.45) is 0 Å². The molecule has 11 heteroatoms. The average Bonchev–Trinajstić information content (AvgIpc) is 2.62. The van der Waals surface area contributed by atoms with Gasteiger partial charge in [-0.25, -0.2) is 22.9 Å². The van der Waals surface area contributed by atoms with E-state index in [0.717, 1.165) is 13.0 Å². The number of nitrogens with zero attached hydrogens (tertiary/aromatic N) is 1. The van der Waals surface area contributed by atoms with Crippen LogP contribution in [0, 0.1) is 17.5 Å². The van der Waals surface area contributed by atoms with Crippen LogP contribution in [0.2, 0.25) is 0 Å². The van der Waals surface area contributed by atoms with Crippen molar-refractivity contribution in [1.29, 1.82) is 0 Å². The lowest BCUT2D eigenvalue weighted by molar-refractivity contribution is -0.123. The largest absolute Gasteiger partial charge is 0.449 e. The smallest absolute Gasteiger partial charge is 0.341 e. The number of thioether (sulfide) groups is 1. The number of rotatable bonds is 6. The van der Waals surface area contributed by atoms with E-state index in [9.17, 15) is 31.5 Å². The first-order valence-electron chi connectivity index (χ1n) is 7.26. The van der Waals surface area contributed by atoms with Crippen LogP contribution in [0.4, 0.5) is 27.6 Å². The first-order valence-corrected chi connectivity index (χ1v) is 8.13. The number of carbonyl (C=O) groups excluding carboxylic acids is 2. The van der Waals surface area contributed by atoms with Crippen LogP contribution in [0.15, 0.2) is 35.5 Å². The third-order valence-electron chi connectivity index (χ3n) is 3.14. The van der Waals surface area contributed by atoms with Crippen LogP contribution >= 0.6 is 11.8 Å². The number of amides is 1. The van der Waals surface area contributed by atoms with Crippen LogP contribution in [-0.2, 0) is 9.53 Å². The minimum Gasteiger partial charge on any atom is -0.449 e. The Labute approximate surface area is 153 Å². The molecule has 1 atom stereocenters. The molecule has 0 aliphatic rings. The lowest BCUT2D eigenvalue weighted by Gasteiger charge is -2.15. The highest BCUT2D eigenvalue weighted by atomic mass is 32.2. The predicted octanol–water partition coefficient (Wildman–Crippen LogP) is 4.00. The predicted molar refractivity (Wildman–Crippen MR) is 85.9 cm³/mol. The molecule has 5 nitrogen and oxygen atoms in total. The van der Waals surface area contributed by atoms with Gasteiger partial charge in [0.25, 0.3) is 11.7 Å². The van der Waals surface area contributed by atoms with E-state index in [2.05, 4.69) is 4.98 Å². The van der Waals surface area contributed by atoms with Crippen molar-refractivity contribution < 1.29 is 36.3 Å². The lowest BCUT2D eigenvalue weighted by atomic mass is 10.2. The summed E-state index contributed by atoms with van der Waals surface area (Å²) in [4.78, 5) is 27.7. The first-order chi connectivity index (χ1) is 12.7. The van der Waals surface area contributed by atoms with Gasteiger partial charge in [0, 0.05) is 6.20 Å². The molecule has 144 valence electrons. The van der Waals surface area contributed by atoms with Gasteiger partial charge in [0.15, 0.2) is 23.6 Å². The van der Waals surface area contributed by atoms with Gasteiger partial charge >= 0.3 is 5.97 Å². The Kier molecular flexibility index (Phi) is 6.72. The monoisotopic (exact) mass is 406 g/mol. The molecule has 0 spiro atoms. The van der Waals surface area contributed by atoms with Gasteiger partial charge < -0.3 is 10.1 Å². The molecule has 0 fully saturated rings. The number of hydrogen-bond donors (Lipinski definition) is 1. The number of benzene rings is 1. The van der Waals surface area contributed by atoms with E-state index in [-0.39, 0.29) is 22.4 Å². The molecule has 2 rings (SSSR count). The summed E-state index contributed by atoms with van der Waals surface area (Å²) in [5.41, 5.74) is -0.946. The molecule has 0 saturated carbocycles. The maximum Gasteiger partial charge on any atom is 0.341 e. The van der Waals surface area contributed by atoms with Crippen molar-refractivity contribution in [3.63, 3.8) is 0 Å². The van der Waals surface area contributed by atoms with E-state index in [1.165, 1.54) is 18.3 Å². The Morgan fingerprint density at radius 2 is 1.85 bits per heavy atom. The fraction of sp³-hybridized carbons (Fsp3) is 0.188. The number of ether oxygens (including phenoxy) is 1. The third-order valence-corrected chi connectivity index (χ3v) is 3.86. The molecule has 0 saturated heterocycles. The number of halogens is 5. The number of esters is 1. The average molecular weight is 406 g/mol. The second-order valence-corrected chi connectivity index (χ2v) is 5.97. The Hall–Kier alpha value is -2.69.